The number of morpholine rings is 1. The molecule has 0 spiro atoms. The molecule has 9 heteroatoms. The summed E-state index contributed by atoms with van der Waals surface area (Å²) in [7, 11) is 1.74. The van der Waals surface area contributed by atoms with Crippen LogP contribution in [0.5, 0.6) is 0 Å². The predicted molar refractivity (Wildman–Crippen MR) is 116 cm³/mol. The standard InChI is InChI=1S/C21H33FN6O2/c1-23-21(25-8-9-26-14-16-30-17-15-26)24-7-6-20(29)28-12-10-27(11-13-28)19-4-2-18(22)3-5-19/h2-5H,6-17H2,1H3,(H2,23,24,25). The number of nitrogens with one attached hydrogen (secondary N) is 2. The molecule has 2 saturated heterocycles. The molecule has 30 heavy (non-hydrogen) atoms. The number of halogens is 1. The Morgan fingerprint density at radius 3 is 2.37 bits per heavy atom. The summed E-state index contributed by atoms with van der Waals surface area (Å²) >= 11 is 0. The summed E-state index contributed by atoms with van der Waals surface area (Å²) < 4.78 is 18.4. The second kappa shape index (κ2) is 11.7. The molecular weight excluding hydrogens is 387 g/mol. The van der Waals surface area contributed by atoms with Crippen LogP contribution in [0, 0.1) is 5.82 Å². The Morgan fingerprint density at radius 2 is 1.70 bits per heavy atom. The van der Waals surface area contributed by atoms with Gasteiger partial charge in [0.05, 0.1) is 13.2 Å². The van der Waals surface area contributed by atoms with Gasteiger partial charge in [-0.3, -0.25) is 14.7 Å². The van der Waals surface area contributed by atoms with Crippen LogP contribution in [-0.4, -0.2) is 101 Å². The molecule has 0 saturated carbocycles. The maximum atomic E-state index is 13.1. The lowest BCUT2D eigenvalue weighted by Crippen LogP contribution is -2.49. The van der Waals surface area contributed by atoms with Crippen LogP contribution in [0.4, 0.5) is 10.1 Å². The number of amides is 1. The summed E-state index contributed by atoms with van der Waals surface area (Å²) in [5.74, 6) is 0.632. The van der Waals surface area contributed by atoms with E-state index in [1.807, 2.05) is 4.90 Å². The first-order chi connectivity index (χ1) is 14.7. The first-order valence-electron chi connectivity index (χ1n) is 10.7. The molecule has 2 fully saturated rings. The third-order valence-electron chi connectivity index (χ3n) is 5.50. The maximum absolute atomic E-state index is 13.1. The van der Waals surface area contributed by atoms with Crippen molar-refractivity contribution >= 4 is 17.6 Å². The van der Waals surface area contributed by atoms with Gasteiger partial charge in [-0.1, -0.05) is 0 Å². The molecule has 1 amide bonds. The van der Waals surface area contributed by atoms with Crippen molar-refractivity contribution in [3.8, 4) is 0 Å². The summed E-state index contributed by atoms with van der Waals surface area (Å²) in [5.41, 5.74) is 0.997. The number of carbonyl (C=O) groups is 1. The Morgan fingerprint density at radius 1 is 1.03 bits per heavy atom. The number of piperazine rings is 1. The van der Waals surface area contributed by atoms with Gasteiger partial charge in [0.25, 0.3) is 0 Å². The SMILES string of the molecule is CN=C(NCCC(=O)N1CCN(c2ccc(F)cc2)CC1)NCCN1CCOCC1. The van der Waals surface area contributed by atoms with Crippen molar-refractivity contribution in [1.82, 2.24) is 20.4 Å². The summed E-state index contributed by atoms with van der Waals surface area (Å²) in [6.45, 7) is 8.72. The van der Waals surface area contributed by atoms with E-state index in [9.17, 15) is 9.18 Å². The number of anilines is 1. The fraction of sp³-hybridized carbons (Fsp3) is 0.619. The molecule has 0 aliphatic carbocycles. The summed E-state index contributed by atoms with van der Waals surface area (Å²) in [6.07, 6.45) is 0.431. The van der Waals surface area contributed by atoms with Gasteiger partial charge in [0.1, 0.15) is 5.82 Å². The van der Waals surface area contributed by atoms with Gasteiger partial charge in [0.2, 0.25) is 5.91 Å². The van der Waals surface area contributed by atoms with Crippen molar-refractivity contribution in [2.75, 3.05) is 84.1 Å². The monoisotopic (exact) mass is 420 g/mol. The van der Waals surface area contributed by atoms with Crippen LogP contribution in [0.3, 0.4) is 0 Å². The molecule has 8 nitrogen and oxygen atoms in total. The van der Waals surface area contributed by atoms with Crippen LogP contribution >= 0.6 is 0 Å². The molecule has 0 unspecified atom stereocenters. The smallest absolute Gasteiger partial charge is 0.224 e. The summed E-state index contributed by atoms with van der Waals surface area (Å²) in [5, 5.41) is 6.52. The van der Waals surface area contributed by atoms with E-state index in [0.717, 1.165) is 64.1 Å². The van der Waals surface area contributed by atoms with Gasteiger partial charge < -0.3 is 25.2 Å². The number of hydrogen-bond acceptors (Lipinski definition) is 5. The van der Waals surface area contributed by atoms with E-state index in [1.165, 1.54) is 12.1 Å². The van der Waals surface area contributed by atoms with Crippen LogP contribution < -0.4 is 15.5 Å². The second-order valence-electron chi connectivity index (χ2n) is 7.47. The minimum absolute atomic E-state index is 0.144. The van der Waals surface area contributed by atoms with Crippen LogP contribution in [0.2, 0.25) is 0 Å². The largest absolute Gasteiger partial charge is 0.379 e. The number of nitrogens with zero attached hydrogens (tertiary/aromatic N) is 4. The van der Waals surface area contributed by atoms with Crippen molar-refractivity contribution in [3.05, 3.63) is 30.1 Å². The molecule has 0 radical (unpaired) electrons. The predicted octanol–water partition coefficient (Wildman–Crippen LogP) is 0.362. The number of hydrogen-bond donors (Lipinski definition) is 2. The van der Waals surface area contributed by atoms with Gasteiger partial charge in [-0.2, -0.15) is 0 Å². The lowest BCUT2D eigenvalue weighted by atomic mass is 10.2. The van der Waals surface area contributed by atoms with Gasteiger partial charge in [0.15, 0.2) is 5.96 Å². The molecule has 2 heterocycles. The van der Waals surface area contributed by atoms with Gasteiger partial charge in [0, 0.05) is 78.1 Å². The molecule has 1 aromatic carbocycles. The Bertz CT molecular complexity index is 685. The van der Waals surface area contributed by atoms with E-state index in [0.29, 0.717) is 26.1 Å². The minimum atomic E-state index is -0.231. The van der Waals surface area contributed by atoms with Crippen LogP contribution in [0.1, 0.15) is 6.42 Å². The quantitative estimate of drug-likeness (QED) is 0.490. The number of carbonyl (C=O) groups excluding carboxylic acids is 1. The topological polar surface area (TPSA) is 72.4 Å². The van der Waals surface area contributed by atoms with Gasteiger partial charge >= 0.3 is 0 Å². The highest BCUT2D eigenvalue weighted by molar-refractivity contribution is 5.81. The van der Waals surface area contributed by atoms with Crippen molar-refractivity contribution in [2.24, 2.45) is 4.99 Å². The molecule has 3 rings (SSSR count). The minimum Gasteiger partial charge on any atom is -0.379 e. The van der Waals surface area contributed by atoms with Crippen molar-refractivity contribution in [2.45, 2.75) is 6.42 Å². The number of ether oxygens (including phenoxy) is 1. The molecule has 2 aliphatic heterocycles. The first-order valence-corrected chi connectivity index (χ1v) is 10.7. The number of benzene rings is 1. The zero-order valence-electron chi connectivity index (χ0n) is 17.8. The highest BCUT2D eigenvalue weighted by Gasteiger charge is 2.21. The van der Waals surface area contributed by atoms with Gasteiger partial charge in [-0.25, -0.2) is 4.39 Å². The lowest BCUT2D eigenvalue weighted by molar-refractivity contribution is -0.131. The highest BCUT2D eigenvalue weighted by Crippen LogP contribution is 2.17. The average Bonchev–Trinajstić information content (AvgIpc) is 2.79. The zero-order valence-corrected chi connectivity index (χ0v) is 17.8. The molecule has 166 valence electrons. The van der Waals surface area contributed by atoms with Crippen LogP contribution in [-0.2, 0) is 9.53 Å². The molecule has 2 aliphatic rings. The third-order valence-corrected chi connectivity index (χ3v) is 5.50. The van der Waals surface area contributed by atoms with E-state index >= 15 is 0 Å². The van der Waals surface area contributed by atoms with Crippen molar-refractivity contribution in [3.63, 3.8) is 0 Å². The van der Waals surface area contributed by atoms with Gasteiger partial charge in [-0.15, -0.1) is 0 Å². The van der Waals surface area contributed by atoms with E-state index in [4.69, 9.17) is 4.74 Å². The van der Waals surface area contributed by atoms with Gasteiger partial charge in [-0.05, 0) is 24.3 Å². The fourth-order valence-electron chi connectivity index (χ4n) is 3.69. The van der Waals surface area contributed by atoms with E-state index < -0.39 is 0 Å². The third kappa shape index (κ3) is 6.84. The average molecular weight is 421 g/mol. The molecule has 0 aromatic heterocycles. The van der Waals surface area contributed by atoms with Crippen LogP contribution in [0.25, 0.3) is 0 Å². The number of aliphatic imine (C=N–C) groups is 1. The van der Waals surface area contributed by atoms with E-state index in [2.05, 4.69) is 25.4 Å². The Kier molecular flexibility index (Phi) is 8.70. The molecule has 2 N–H and O–H groups in total. The van der Waals surface area contributed by atoms with E-state index in [1.54, 1.807) is 19.2 Å². The molecule has 1 aromatic rings. The Balaban J connectivity index is 1.30. The van der Waals surface area contributed by atoms with Crippen molar-refractivity contribution < 1.29 is 13.9 Å². The summed E-state index contributed by atoms with van der Waals surface area (Å²) in [4.78, 5) is 23.2. The van der Waals surface area contributed by atoms with Crippen LogP contribution in [0.15, 0.2) is 29.3 Å². The van der Waals surface area contributed by atoms with E-state index in [-0.39, 0.29) is 11.7 Å². The summed E-state index contributed by atoms with van der Waals surface area (Å²) in [6, 6.07) is 6.52. The highest BCUT2D eigenvalue weighted by atomic mass is 19.1. The first kappa shape index (κ1) is 22.3. The number of rotatable bonds is 7. The molecular formula is C21H33FN6O2. The maximum Gasteiger partial charge on any atom is 0.224 e. The Hall–Kier alpha value is -2.39. The fourth-order valence-corrected chi connectivity index (χ4v) is 3.69. The second-order valence-corrected chi connectivity index (χ2v) is 7.47. The Labute approximate surface area is 178 Å². The van der Waals surface area contributed by atoms with Crippen molar-refractivity contribution in [1.29, 1.82) is 0 Å². The number of guanidine groups is 1. The normalized spacial score (nSPS) is 18.4. The zero-order chi connectivity index (χ0) is 21.2. The lowest BCUT2D eigenvalue weighted by Gasteiger charge is -2.36. The molecule has 0 atom stereocenters. The molecule has 0 bridgehead atoms.